The van der Waals surface area contributed by atoms with Gasteiger partial charge in [-0.2, -0.15) is 0 Å². The Kier molecular flexibility index (Phi) is 4.48. The molecular weight excluding hydrogens is 268 g/mol. The molecule has 106 valence electrons. The van der Waals surface area contributed by atoms with Crippen molar-refractivity contribution in [2.24, 2.45) is 5.84 Å². The highest BCUT2D eigenvalue weighted by Crippen LogP contribution is 2.32. The molecule has 0 aliphatic carbocycles. The predicted octanol–water partition coefficient (Wildman–Crippen LogP) is 4.19. The third-order valence-electron chi connectivity index (χ3n) is 3.45. The van der Waals surface area contributed by atoms with E-state index in [9.17, 15) is 0 Å². The normalized spacial score (nSPS) is 13.2. The lowest BCUT2D eigenvalue weighted by Crippen LogP contribution is -2.31. The van der Waals surface area contributed by atoms with Gasteiger partial charge >= 0.3 is 0 Å². The molecule has 0 spiro atoms. The zero-order valence-corrected chi connectivity index (χ0v) is 12.9. The van der Waals surface area contributed by atoms with Gasteiger partial charge in [-0.05, 0) is 34.2 Å². The molecule has 3 N–H and O–H groups in total. The molecule has 3 heteroatoms. The first-order valence-electron chi connectivity index (χ1n) is 6.74. The smallest absolute Gasteiger partial charge is 0.0712 e. The Morgan fingerprint density at radius 1 is 1.00 bits per heavy atom. The van der Waals surface area contributed by atoms with Gasteiger partial charge in [-0.25, -0.2) is 5.43 Å². The average Bonchev–Trinajstić information content (AvgIpc) is 2.41. The SMILES string of the molecule is CC(C)(C)c1ccccc1C(NN)c1ccc(Cl)cc1. The van der Waals surface area contributed by atoms with E-state index in [4.69, 9.17) is 17.4 Å². The van der Waals surface area contributed by atoms with Gasteiger partial charge in [0.05, 0.1) is 6.04 Å². The Balaban J connectivity index is 2.50. The fourth-order valence-corrected chi connectivity index (χ4v) is 2.58. The molecule has 2 aromatic rings. The predicted molar refractivity (Wildman–Crippen MR) is 85.8 cm³/mol. The molecule has 2 aromatic carbocycles. The van der Waals surface area contributed by atoms with Crippen molar-refractivity contribution in [1.29, 1.82) is 0 Å². The van der Waals surface area contributed by atoms with Gasteiger partial charge in [0, 0.05) is 5.02 Å². The van der Waals surface area contributed by atoms with Gasteiger partial charge in [0.2, 0.25) is 0 Å². The monoisotopic (exact) mass is 288 g/mol. The largest absolute Gasteiger partial charge is 0.271 e. The van der Waals surface area contributed by atoms with Crippen LogP contribution in [0.2, 0.25) is 5.02 Å². The fraction of sp³-hybridized carbons (Fsp3) is 0.294. The minimum Gasteiger partial charge on any atom is -0.271 e. The van der Waals surface area contributed by atoms with Crippen LogP contribution in [0.5, 0.6) is 0 Å². The lowest BCUT2D eigenvalue weighted by Gasteiger charge is -2.27. The van der Waals surface area contributed by atoms with Gasteiger partial charge in [-0.15, -0.1) is 0 Å². The van der Waals surface area contributed by atoms with Gasteiger partial charge in [-0.1, -0.05) is 68.8 Å². The first-order chi connectivity index (χ1) is 9.43. The van der Waals surface area contributed by atoms with Crippen molar-refractivity contribution in [2.75, 3.05) is 0 Å². The Hall–Kier alpha value is -1.35. The van der Waals surface area contributed by atoms with Crippen LogP contribution in [0, 0.1) is 0 Å². The maximum Gasteiger partial charge on any atom is 0.0712 e. The van der Waals surface area contributed by atoms with Crippen molar-refractivity contribution in [3.63, 3.8) is 0 Å². The standard InChI is InChI=1S/C17H21ClN2/c1-17(2,3)15-7-5-4-6-14(15)16(20-19)12-8-10-13(18)11-9-12/h4-11,16,20H,19H2,1-3H3. The summed E-state index contributed by atoms with van der Waals surface area (Å²) in [6, 6.07) is 16.2. The first kappa shape index (κ1) is 15.0. The molecule has 0 aliphatic heterocycles. The molecule has 0 saturated heterocycles. The summed E-state index contributed by atoms with van der Waals surface area (Å²) in [6.07, 6.45) is 0. The maximum absolute atomic E-state index is 5.96. The number of rotatable bonds is 3. The van der Waals surface area contributed by atoms with Crippen molar-refractivity contribution in [1.82, 2.24) is 5.43 Å². The van der Waals surface area contributed by atoms with Crippen LogP contribution in [-0.4, -0.2) is 0 Å². The van der Waals surface area contributed by atoms with E-state index in [-0.39, 0.29) is 11.5 Å². The molecular formula is C17H21ClN2. The van der Waals surface area contributed by atoms with Crippen LogP contribution in [0.1, 0.15) is 43.5 Å². The Labute approximate surface area is 125 Å². The van der Waals surface area contributed by atoms with E-state index >= 15 is 0 Å². The van der Waals surface area contributed by atoms with Crippen LogP contribution in [0.3, 0.4) is 0 Å². The van der Waals surface area contributed by atoms with E-state index in [2.05, 4.69) is 44.4 Å². The maximum atomic E-state index is 5.96. The molecule has 2 nitrogen and oxygen atoms in total. The summed E-state index contributed by atoms with van der Waals surface area (Å²) < 4.78 is 0. The summed E-state index contributed by atoms with van der Waals surface area (Å²) in [5, 5.41) is 0.730. The summed E-state index contributed by atoms with van der Waals surface area (Å²) in [5.41, 5.74) is 6.58. The molecule has 1 unspecified atom stereocenters. The summed E-state index contributed by atoms with van der Waals surface area (Å²) in [6.45, 7) is 6.63. The van der Waals surface area contributed by atoms with Gasteiger partial charge in [0.15, 0.2) is 0 Å². The molecule has 0 radical (unpaired) electrons. The highest BCUT2D eigenvalue weighted by Gasteiger charge is 2.22. The van der Waals surface area contributed by atoms with E-state index in [0.29, 0.717) is 0 Å². The van der Waals surface area contributed by atoms with Crippen LogP contribution in [0.15, 0.2) is 48.5 Å². The molecule has 0 bridgehead atoms. The summed E-state index contributed by atoms with van der Waals surface area (Å²) in [7, 11) is 0. The molecule has 0 saturated carbocycles. The van der Waals surface area contributed by atoms with Crippen LogP contribution in [0.25, 0.3) is 0 Å². The van der Waals surface area contributed by atoms with Gasteiger partial charge < -0.3 is 0 Å². The molecule has 0 aromatic heterocycles. The summed E-state index contributed by atoms with van der Waals surface area (Å²) in [4.78, 5) is 0. The number of hydrogen-bond acceptors (Lipinski definition) is 2. The highest BCUT2D eigenvalue weighted by atomic mass is 35.5. The van der Waals surface area contributed by atoms with E-state index < -0.39 is 0 Å². The van der Waals surface area contributed by atoms with Crippen LogP contribution < -0.4 is 11.3 Å². The van der Waals surface area contributed by atoms with Crippen molar-refractivity contribution in [3.8, 4) is 0 Å². The first-order valence-corrected chi connectivity index (χ1v) is 7.12. The zero-order chi connectivity index (χ0) is 14.8. The zero-order valence-electron chi connectivity index (χ0n) is 12.2. The topological polar surface area (TPSA) is 38.0 Å². The van der Waals surface area contributed by atoms with Crippen molar-refractivity contribution < 1.29 is 0 Å². The van der Waals surface area contributed by atoms with E-state index in [1.165, 1.54) is 11.1 Å². The molecule has 0 heterocycles. The Bertz CT molecular complexity index is 570. The Morgan fingerprint density at radius 3 is 2.15 bits per heavy atom. The number of nitrogens with one attached hydrogen (secondary N) is 1. The van der Waals surface area contributed by atoms with E-state index in [1.54, 1.807) is 0 Å². The van der Waals surface area contributed by atoms with Gasteiger partial charge in [0.1, 0.15) is 0 Å². The second-order valence-corrected chi connectivity index (χ2v) is 6.42. The number of hydrogen-bond donors (Lipinski definition) is 2. The van der Waals surface area contributed by atoms with Gasteiger partial charge in [-0.3, -0.25) is 5.84 Å². The lowest BCUT2D eigenvalue weighted by atomic mass is 9.81. The molecule has 20 heavy (non-hydrogen) atoms. The minimum atomic E-state index is -0.0392. The summed E-state index contributed by atoms with van der Waals surface area (Å²) in [5.74, 6) is 5.80. The fourth-order valence-electron chi connectivity index (χ4n) is 2.45. The number of benzene rings is 2. The second-order valence-electron chi connectivity index (χ2n) is 5.99. The van der Waals surface area contributed by atoms with Gasteiger partial charge in [0.25, 0.3) is 0 Å². The average molecular weight is 289 g/mol. The minimum absolute atomic E-state index is 0.0392. The molecule has 0 fully saturated rings. The van der Waals surface area contributed by atoms with Crippen molar-refractivity contribution >= 4 is 11.6 Å². The van der Waals surface area contributed by atoms with E-state index in [1.807, 2.05) is 30.3 Å². The van der Waals surface area contributed by atoms with Crippen LogP contribution in [0.4, 0.5) is 0 Å². The summed E-state index contributed by atoms with van der Waals surface area (Å²) >= 11 is 5.96. The van der Waals surface area contributed by atoms with Crippen LogP contribution in [-0.2, 0) is 5.41 Å². The quantitative estimate of drug-likeness (QED) is 0.656. The number of hydrazine groups is 1. The highest BCUT2D eigenvalue weighted by molar-refractivity contribution is 6.30. The molecule has 1 atom stereocenters. The Morgan fingerprint density at radius 2 is 1.60 bits per heavy atom. The van der Waals surface area contributed by atoms with Crippen molar-refractivity contribution in [2.45, 2.75) is 32.2 Å². The molecule has 0 aliphatic rings. The number of nitrogens with two attached hydrogens (primary N) is 1. The number of halogens is 1. The molecule has 0 amide bonds. The molecule has 2 rings (SSSR count). The lowest BCUT2D eigenvalue weighted by molar-refractivity contribution is 0.558. The van der Waals surface area contributed by atoms with E-state index in [0.717, 1.165) is 10.6 Å². The van der Waals surface area contributed by atoms with Crippen molar-refractivity contribution in [3.05, 3.63) is 70.2 Å². The van der Waals surface area contributed by atoms with Crippen LogP contribution >= 0.6 is 11.6 Å². The second kappa shape index (κ2) is 5.96. The third-order valence-corrected chi connectivity index (χ3v) is 3.70. The third kappa shape index (κ3) is 3.21.